The molecule has 172 valence electrons. The number of nitrogens with zero attached hydrogens (tertiary/aromatic N) is 1. The molecule has 3 rings (SSSR count). The van der Waals surface area contributed by atoms with Crippen molar-refractivity contribution < 1.29 is 24.0 Å². The molecular formula is C22H22N4O5S2. The summed E-state index contributed by atoms with van der Waals surface area (Å²) in [7, 11) is 0. The molecule has 3 amide bonds. The van der Waals surface area contributed by atoms with Gasteiger partial charge in [-0.1, -0.05) is 42.6 Å². The van der Waals surface area contributed by atoms with Crippen molar-refractivity contribution in [2.45, 2.75) is 4.34 Å². The smallest absolute Gasteiger partial charge is 0.407 e. The van der Waals surface area contributed by atoms with Crippen LogP contribution in [0.25, 0.3) is 10.2 Å². The Balaban J connectivity index is 1.42. The molecule has 0 saturated carbocycles. The van der Waals surface area contributed by atoms with Gasteiger partial charge in [-0.2, -0.15) is 0 Å². The highest BCUT2D eigenvalue weighted by molar-refractivity contribution is 8.01. The van der Waals surface area contributed by atoms with E-state index in [2.05, 4.69) is 27.7 Å². The van der Waals surface area contributed by atoms with Crippen molar-refractivity contribution in [3.05, 3.63) is 66.7 Å². The molecule has 0 fully saturated rings. The highest BCUT2D eigenvalue weighted by atomic mass is 32.2. The molecule has 9 nitrogen and oxygen atoms in total. The molecule has 0 bridgehead atoms. The lowest BCUT2D eigenvalue weighted by molar-refractivity contribution is -0.122. The number of hydrogen-bond acceptors (Lipinski definition) is 8. The van der Waals surface area contributed by atoms with E-state index in [0.717, 1.165) is 14.6 Å². The van der Waals surface area contributed by atoms with E-state index >= 15 is 0 Å². The number of nitrogens with one attached hydrogen (secondary N) is 3. The van der Waals surface area contributed by atoms with Crippen molar-refractivity contribution >= 4 is 56.9 Å². The number of hydroxylamine groups is 1. The maximum absolute atomic E-state index is 12.1. The number of benzene rings is 2. The van der Waals surface area contributed by atoms with Gasteiger partial charge in [0.2, 0.25) is 0 Å². The Bertz CT molecular complexity index is 1120. The quantitative estimate of drug-likeness (QED) is 0.164. The molecule has 1 heterocycles. The Hall–Kier alpha value is -3.41. The number of thiazole rings is 1. The lowest BCUT2D eigenvalue weighted by Crippen LogP contribution is -2.29. The number of fused-ring (bicyclic) bond motifs is 1. The molecule has 0 spiro atoms. The van der Waals surface area contributed by atoms with Crippen LogP contribution in [-0.2, 0) is 14.4 Å². The van der Waals surface area contributed by atoms with Crippen LogP contribution in [0.15, 0.2) is 65.5 Å². The number of ether oxygens (including phenoxy) is 1. The summed E-state index contributed by atoms with van der Waals surface area (Å²) in [6.45, 7) is 3.76. The molecule has 33 heavy (non-hydrogen) atoms. The van der Waals surface area contributed by atoms with Gasteiger partial charge in [-0.05, 0) is 30.3 Å². The van der Waals surface area contributed by atoms with Crippen LogP contribution in [0.5, 0.6) is 0 Å². The van der Waals surface area contributed by atoms with Gasteiger partial charge in [-0.3, -0.25) is 14.4 Å². The van der Waals surface area contributed by atoms with Gasteiger partial charge in [0.05, 0.1) is 10.2 Å². The lowest BCUT2D eigenvalue weighted by Gasteiger charge is -2.07. The fraction of sp³-hybridized carbons (Fsp3) is 0.182. The standard InChI is InChI=1S/C22H22N4O5S2/c1-2-11-30-21(29)23-10-12-32-22-25-17-9-8-16(13-18(17)33-22)24-19(27)14-31-26-20(28)15-6-4-3-5-7-15/h2-9,13H,1,10-12,14H2,(H,23,29)(H,24,27)(H,26,28). The largest absolute Gasteiger partial charge is 0.445 e. The molecule has 3 aromatic rings. The van der Waals surface area contributed by atoms with Gasteiger partial charge in [-0.15, -0.1) is 11.3 Å². The molecule has 2 aromatic carbocycles. The van der Waals surface area contributed by atoms with Gasteiger partial charge < -0.3 is 15.4 Å². The Morgan fingerprint density at radius 2 is 1.97 bits per heavy atom. The van der Waals surface area contributed by atoms with Crippen molar-refractivity contribution in [2.24, 2.45) is 0 Å². The molecule has 0 unspecified atom stereocenters. The molecule has 11 heteroatoms. The number of carbonyl (C=O) groups excluding carboxylic acids is 3. The third-order valence-corrected chi connectivity index (χ3v) is 6.15. The SMILES string of the molecule is C=CCOC(=O)NCCSc1nc2ccc(NC(=O)CONC(=O)c3ccccc3)cc2s1. The lowest BCUT2D eigenvalue weighted by atomic mass is 10.2. The van der Waals surface area contributed by atoms with Crippen molar-refractivity contribution in [2.75, 3.05) is 30.8 Å². The van der Waals surface area contributed by atoms with Crippen LogP contribution in [0.1, 0.15) is 10.4 Å². The van der Waals surface area contributed by atoms with E-state index < -0.39 is 17.9 Å². The van der Waals surface area contributed by atoms with E-state index in [1.54, 1.807) is 36.4 Å². The minimum Gasteiger partial charge on any atom is -0.445 e. The monoisotopic (exact) mass is 486 g/mol. The van der Waals surface area contributed by atoms with Crippen molar-refractivity contribution in [1.29, 1.82) is 0 Å². The second-order valence-electron chi connectivity index (χ2n) is 6.46. The predicted molar refractivity (Wildman–Crippen MR) is 128 cm³/mol. The first-order valence-corrected chi connectivity index (χ1v) is 11.7. The topological polar surface area (TPSA) is 119 Å². The molecule has 1 aromatic heterocycles. The van der Waals surface area contributed by atoms with Gasteiger partial charge in [0.25, 0.3) is 11.8 Å². The van der Waals surface area contributed by atoms with E-state index in [9.17, 15) is 14.4 Å². The summed E-state index contributed by atoms with van der Waals surface area (Å²) in [4.78, 5) is 44.9. The number of aromatic nitrogens is 1. The van der Waals surface area contributed by atoms with Gasteiger partial charge in [0, 0.05) is 23.5 Å². The van der Waals surface area contributed by atoms with Crippen molar-refractivity contribution in [3.8, 4) is 0 Å². The Labute approximate surface area is 198 Å². The Kier molecular flexibility index (Phi) is 9.24. The van der Waals surface area contributed by atoms with Crippen LogP contribution >= 0.6 is 23.1 Å². The fourth-order valence-corrected chi connectivity index (χ4v) is 4.57. The first-order valence-electron chi connectivity index (χ1n) is 9.87. The van der Waals surface area contributed by atoms with Crippen LogP contribution in [0.4, 0.5) is 10.5 Å². The predicted octanol–water partition coefficient (Wildman–Crippen LogP) is 3.60. The summed E-state index contributed by atoms with van der Waals surface area (Å²) < 4.78 is 6.60. The van der Waals surface area contributed by atoms with Crippen molar-refractivity contribution in [3.63, 3.8) is 0 Å². The zero-order valence-corrected chi connectivity index (χ0v) is 19.2. The normalized spacial score (nSPS) is 10.4. The van der Waals surface area contributed by atoms with E-state index in [4.69, 9.17) is 9.57 Å². The van der Waals surface area contributed by atoms with Crippen LogP contribution in [0, 0.1) is 0 Å². The molecule has 0 radical (unpaired) electrons. The highest BCUT2D eigenvalue weighted by Gasteiger charge is 2.10. The summed E-state index contributed by atoms with van der Waals surface area (Å²) in [5.74, 6) is -0.196. The highest BCUT2D eigenvalue weighted by Crippen LogP contribution is 2.31. The zero-order valence-electron chi connectivity index (χ0n) is 17.5. The van der Waals surface area contributed by atoms with Crippen LogP contribution in [0.2, 0.25) is 0 Å². The van der Waals surface area contributed by atoms with E-state index in [1.165, 1.54) is 29.2 Å². The number of hydrogen-bond donors (Lipinski definition) is 3. The summed E-state index contributed by atoms with van der Waals surface area (Å²) in [5, 5.41) is 5.37. The maximum atomic E-state index is 12.1. The second kappa shape index (κ2) is 12.6. The third kappa shape index (κ3) is 7.90. The van der Waals surface area contributed by atoms with Crippen LogP contribution in [-0.4, -0.2) is 48.4 Å². The van der Waals surface area contributed by atoms with Gasteiger partial charge >= 0.3 is 6.09 Å². The van der Waals surface area contributed by atoms with E-state index in [1.807, 2.05) is 12.1 Å². The average molecular weight is 487 g/mol. The number of carbonyl (C=O) groups is 3. The van der Waals surface area contributed by atoms with Crippen LogP contribution in [0.3, 0.4) is 0 Å². The third-order valence-electron chi connectivity index (χ3n) is 3.99. The zero-order chi connectivity index (χ0) is 23.5. The molecule has 3 N–H and O–H groups in total. The first-order chi connectivity index (χ1) is 16.0. The molecule has 0 aliphatic rings. The first kappa shape index (κ1) is 24.2. The maximum Gasteiger partial charge on any atom is 0.407 e. The molecule has 0 saturated heterocycles. The van der Waals surface area contributed by atoms with Crippen molar-refractivity contribution in [1.82, 2.24) is 15.8 Å². The van der Waals surface area contributed by atoms with Gasteiger partial charge in [0.1, 0.15) is 6.61 Å². The molecule has 0 aliphatic heterocycles. The number of rotatable bonds is 11. The molecule has 0 atom stereocenters. The fourth-order valence-electron chi connectivity index (χ4n) is 2.53. The number of anilines is 1. The van der Waals surface area contributed by atoms with E-state index in [-0.39, 0.29) is 13.2 Å². The summed E-state index contributed by atoms with van der Waals surface area (Å²) in [6, 6.07) is 13.9. The minimum absolute atomic E-state index is 0.171. The van der Waals surface area contributed by atoms with Gasteiger partial charge in [-0.25, -0.2) is 15.3 Å². The minimum atomic E-state index is -0.483. The van der Waals surface area contributed by atoms with Gasteiger partial charge in [0.15, 0.2) is 10.9 Å². The molecule has 0 aliphatic carbocycles. The molecular weight excluding hydrogens is 464 g/mol. The second-order valence-corrected chi connectivity index (χ2v) is 8.83. The Morgan fingerprint density at radius 3 is 2.76 bits per heavy atom. The summed E-state index contributed by atoms with van der Waals surface area (Å²) in [6.07, 6.45) is 1.02. The summed E-state index contributed by atoms with van der Waals surface area (Å²) in [5.41, 5.74) is 4.08. The number of alkyl carbamates (subject to hydrolysis) is 1. The Morgan fingerprint density at radius 1 is 1.15 bits per heavy atom. The summed E-state index contributed by atoms with van der Waals surface area (Å²) >= 11 is 3.00. The van der Waals surface area contributed by atoms with E-state index in [0.29, 0.717) is 23.5 Å². The number of thioether (sulfide) groups is 1. The number of amides is 3. The average Bonchev–Trinajstić information content (AvgIpc) is 3.23. The van der Waals surface area contributed by atoms with Crippen LogP contribution < -0.4 is 16.1 Å².